The summed E-state index contributed by atoms with van der Waals surface area (Å²) in [5.74, 6) is 0.876. The molecule has 0 saturated heterocycles. The molecule has 0 aliphatic carbocycles. The smallest absolute Gasteiger partial charge is 0.266 e. The van der Waals surface area contributed by atoms with E-state index in [9.17, 15) is 4.79 Å². The van der Waals surface area contributed by atoms with Crippen LogP contribution in [-0.4, -0.2) is 21.8 Å². The second kappa shape index (κ2) is 6.63. The third kappa shape index (κ3) is 3.76. The molecule has 2 aromatic rings. The second-order valence-electron chi connectivity index (χ2n) is 4.93. The Labute approximate surface area is 128 Å². The summed E-state index contributed by atoms with van der Waals surface area (Å²) in [7, 11) is 0. The Morgan fingerprint density at radius 3 is 2.67 bits per heavy atom. The number of benzene rings is 1. The average Bonchev–Trinajstić information content (AvgIpc) is 2.89. The lowest BCUT2D eigenvalue weighted by Crippen LogP contribution is -2.31. The molecule has 0 unspecified atom stereocenters. The first-order chi connectivity index (χ1) is 9.99. The van der Waals surface area contributed by atoms with Crippen LogP contribution in [0.1, 0.15) is 26.8 Å². The number of carbonyl (C=O) groups excluding carboxylic acids is 1. The fourth-order valence-electron chi connectivity index (χ4n) is 1.84. The van der Waals surface area contributed by atoms with Gasteiger partial charge in [0.1, 0.15) is 11.6 Å². The van der Waals surface area contributed by atoms with Crippen LogP contribution in [0.4, 0.5) is 5.82 Å². The van der Waals surface area contributed by atoms with Crippen molar-refractivity contribution in [1.82, 2.24) is 9.78 Å². The van der Waals surface area contributed by atoms with Crippen molar-refractivity contribution < 1.29 is 9.53 Å². The topological polar surface area (TPSA) is 56.2 Å². The lowest BCUT2D eigenvalue weighted by molar-refractivity contribution is -0.122. The Bertz CT molecular complexity index is 625. The van der Waals surface area contributed by atoms with Crippen molar-refractivity contribution in [2.24, 2.45) is 0 Å². The Balaban J connectivity index is 2.03. The van der Waals surface area contributed by atoms with Gasteiger partial charge in [-0.05, 0) is 32.9 Å². The zero-order valence-electron chi connectivity index (χ0n) is 12.2. The van der Waals surface area contributed by atoms with Crippen molar-refractivity contribution >= 4 is 23.3 Å². The van der Waals surface area contributed by atoms with Gasteiger partial charge >= 0.3 is 0 Å². The summed E-state index contributed by atoms with van der Waals surface area (Å²) in [4.78, 5) is 12.2. The van der Waals surface area contributed by atoms with Gasteiger partial charge < -0.3 is 10.1 Å². The predicted octanol–water partition coefficient (Wildman–Crippen LogP) is 3.52. The maximum Gasteiger partial charge on any atom is 0.266 e. The number of halogens is 1. The van der Waals surface area contributed by atoms with Gasteiger partial charge in [-0.15, -0.1) is 0 Å². The van der Waals surface area contributed by atoms with Gasteiger partial charge in [0.25, 0.3) is 5.91 Å². The fourth-order valence-corrected chi connectivity index (χ4v) is 2.02. The summed E-state index contributed by atoms with van der Waals surface area (Å²) >= 11 is 6.01. The molecule has 0 aliphatic rings. The summed E-state index contributed by atoms with van der Waals surface area (Å²) in [5, 5.41) is 7.45. The Morgan fingerprint density at radius 1 is 1.29 bits per heavy atom. The average molecular weight is 308 g/mol. The van der Waals surface area contributed by atoms with E-state index in [0.717, 1.165) is 0 Å². The number of nitrogens with zero attached hydrogens (tertiary/aromatic N) is 2. The SMILES string of the molecule is CC(C)n1nccc1NC(=O)[C@@H](C)Oc1ccccc1Cl. The molecule has 0 aliphatic heterocycles. The summed E-state index contributed by atoms with van der Waals surface area (Å²) in [6.45, 7) is 5.66. The van der Waals surface area contributed by atoms with Gasteiger partial charge in [0.2, 0.25) is 0 Å². The molecule has 5 nitrogen and oxygen atoms in total. The Morgan fingerprint density at radius 2 is 2.00 bits per heavy atom. The van der Waals surface area contributed by atoms with Gasteiger partial charge in [-0.25, -0.2) is 4.68 Å². The van der Waals surface area contributed by atoms with Crippen molar-refractivity contribution in [2.75, 3.05) is 5.32 Å². The standard InChI is InChI=1S/C15H18ClN3O2/c1-10(2)19-14(8-9-17-19)18-15(20)11(3)21-13-7-5-4-6-12(13)16/h4-11H,1-3H3,(H,18,20)/t11-/m1/s1. The fraction of sp³-hybridized carbons (Fsp3) is 0.333. The van der Waals surface area contributed by atoms with Crippen molar-refractivity contribution in [3.63, 3.8) is 0 Å². The van der Waals surface area contributed by atoms with Crippen LogP contribution in [-0.2, 0) is 4.79 Å². The molecule has 1 N–H and O–H groups in total. The molecule has 0 spiro atoms. The van der Waals surface area contributed by atoms with Gasteiger partial charge in [-0.1, -0.05) is 23.7 Å². The van der Waals surface area contributed by atoms with Crippen molar-refractivity contribution in [1.29, 1.82) is 0 Å². The number of ether oxygens (including phenoxy) is 1. The summed E-state index contributed by atoms with van der Waals surface area (Å²) < 4.78 is 7.32. The van der Waals surface area contributed by atoms with Gasteiger partial charge in [-0.2, -0.15) is 5.10 Å². The number of carbonyl (C=O) groups is 1. The highest BCUT2D eigenvalue weighted by molar-refractivity contribution is 6.32. The van der Waals surface area contributed by atoms with Crippen LogP contribution in [0.15, 0.2) is 36.5 Å². The summed E-state index contributed by atoms with van der Waals surface area (Å²) in [5.41, 5.74) is 0. The molecule has 0 fully saturated rings. The molecule has 1 aromatic carbocycles. The third-order valence-corrected chi connectivity index (χ3v) is 3.23. The molecule has 0 saturated carbocycles. The molecule has 112 valence electrons. The first-order valence-electron chi connectivity index (χ1n) is 6.74. The van der Waals surface area contributed by atoms with Crippen LogP contribution >= 0.6 is 11.6 Å². The van der Waals surface area contributed by atoms with Crippen LogP contribution in [0.5, 0.6) is 5.75 Å². The summed E-state index contributed by atoms with van der Waals surface area (Å²) in [6, 6.07) is 8.97. The molecule has 1 aromatic heterocycles. The maximum atomic E-state index is 12.2. The highest BCUT2D eigenvalue weighted by Crippen LogP contribution is 2.24. The zero-order valence-corrected chi connectivity index (χ0v) is 13.0. The molecule has 6 heteroatoms. The molecule has 2 rings (SSSR count). The lowest BCUT2D eigenvalue weighted by atomic mass is 10.3. The molecule has 21 heavy (non-hydrogen) atoms. The minimum absolute atomic E-state index is 0.162. The molecule has 1 heterocycles. The number of anilines is 1. The maximum absolute atomic E-state index is 12.2. The van der Waals surface area contributed by atoms with Crippen molar-refractivity contribution in [2.45, 2.75) is 32.9 Å². The highest BCUT2D eigenvalue weighted by Gasteiger charge is 2.18. The normalized spacial score (nSPS) is 12.2. The number of hydrogen-bond acceptors (Lipinski definition) is 3. The molecular formula is C15H18ClN3O2. The number of para-hydroxylation sites is 1. The second-order valence-corrected chi connectivity index (χ2v) is 5.34. The van der Waals surface area contributed by atoms with E-state index in [2.05, 4.69) is 10.4 Å². The Hall–Kier alpha value is -2.01. The Kier molecular flexibility index (Phi) is 4.85. The third-order valence-electron chi connectivity index (χ3n) is 2.92. The molecule has 0 radical (unpaired) electrons. The number of nitrogens with one attached hydrogen (secondary N) is 1. The van der Waals surface area contributed by atoms with E-state index in [1.807, 2.05) is 13.8 Å². The van der Waals surface area contributed by atoms with E-state index in [-0.39, 0.29) is 11.9 Å². The largest absolute Gasteiger partial charge is 0.479 e. The molecule has 0 bridgehead atoms. The van der Waals surface area contributed by atoms with Crippen LogP contribution < -0.4 is 10.1 Å². The van der Waals surface area contributed by atoms with Gasteiger partial charge in [0, 0.05) is 12.1 Å². The van der Waals surface area contributed by atoms with Gasteiger partial charge in [0.15, 0.2) is 6.10 Å². The first kappa shape index (κ1) is 15.4. The highest BCUT2D eigenvalue weighted by atomic mass is 35.5. The van der Waals surface area contributed by atoms with E-state index in [0.29, 0.717) is 16.6 Å². The first-order valence-corrected chi connectivity index (χ1v) is 7.12. The zero-order chi connectivity index (χ0) is 15.4. The number of aromatic nitrogens is 2. The summed E-state index contributed by atoms with van der Waals surface area (Å²) in [6.07, 6.45) is 0.982. The molecule has 1 atom stereocenters. The minimum atomic E-state index is -0.666. The van der Waals surface area contributed by atoms with E-state index in [1.165, 1.54) is 0 Å². The monoisotopic (exact) mass is 307 g/mol. The number of rotatable bonds is 5. The van der Waals surface area contributed by atoms with E-state index < -0.39 is 6.10 Å². The van der Waals surface area contributed by atoms with Crippen LogP contribution in [0, 0.1) is 0 Å². The molecule has 1 amide bonds. The number of amides is 1. The van der Waals surface area contributed by atoms with Gasteiger partial charge in [-0.3, -0.25) is 4.79 Å². The number of hydrogen-bond donors (Lipinski definition) is 1. The van der Waals surface area contributed by atoms with E-state index in [4.69, 9.17) is 16.3 Å². The van der Waals surface area contributed by atoms with Crippen molar-refractivity contribution in [3.05, 3.63) is 41.6 Å². The van der Waals surface area contributed by atoms with E-state index >= 15 is 0 Å². The van der Waals surface area contributed by atoms with E-state index in [1.54, 1.807) is 48.1 Å². The van der Waals surface area contributed by atoms with Gasteiger partial charge in [0.05, 0.1) is 11.2 Å². The predicted molar refractivity (Wildman–Crippen MR) is 82.8 cm³/mol. The van der Waals surface area contributed by atoms with Crippen LogP contribution in [0.25, 0.3) is 0 Å². The van der Waals surface area contributed by atoms with Crippen LogP contribution in [0.2, 0.25) is 5.02 Å². The lowest BCUT2D eigenvalue weighted by Gasteiger charge is -2.17. The van der Waals surface area contributed by atoms with Crippen LogP contribution in [0.3, 0.4) is 0 Å². The quantitative estimate of drug-likeness (QED) is 0.919. The minimum Gasteiger partial charge on any atom is -0.479 e. The van der Waals surface area contributed by atoms with Crippen molar-refractivity contribution in [3.8, 4) is 5.75 Å². The molecular weight excluding hydrogens is 290 g/mol.